The highest BCUT2D eigenvalue weighted by Gasteiger charge is 2.13. The number of aromatic nitrogens is 3. The maximum absolute atomic E-state index is 11.2. The maximum atomic E-state index is 11.2. The molecule has 3 heterocycles. The van der Waals surface area contributed by atoms with Crippen LogP contribution in [0.2, 0.25) is 0 Å². The maximum Gasteiger partial charge on any atom is 0.352 e. The molecule has 88 valence electrons. The molecular formula is C13H9N3O2. The molecule has 0 saturated carbocycles. The predicted octanol–water partition coefficient (Wildman–Crippen LogP) is 2.09. The lowest BCUT2D eigenvalue weighted by Crippen LogP contribution is -2.05. The van der Waals surface area contributed by atoms with Crippen molar-refractivity contribution in [3.05, 3.63) is 54.6 Å². The Morgan fingerprint density at radius 3 is 2.78 bits per heavy atom. The normalized spacial score (nSPS) is 10.7. The van der Waals surface area contributed by atoms with Crippen molar-refractivity contribution in [3.8, 4) is 11.4 Å². The zero-order valence-corrected chi connectivity index (χ0v) is 9.32. The van der Waals surface area contributed by atoms with E-state index in [0.29, 0.717) is 5.82 Å². The van der Waals surface area contributed by atoms with Crippen molar-refractivity contribution in [3.63, 3.8) is 0 Å². The number of carboxylic acids is 1. The minimum Gasteiger partial charge on any atom is -0.477 e. The third-order valence-corrected chi connectivity index (χ3v) is 2.69. The Morgan fingerprint density at radius 2 is 2.06 bits per heavy atom. The first-order valence-corrected chi connectivity index (χ1v) is 5.37. The van der Waals surface area contributed by atoms with Gasteiger partial charge in [-0.1, -0.05) is 6.07 Å². The van der Waals surface area contributed by atoms with Crippen LogP contribution in [0.15, 0.2) is 48.9 Å². The second kappa shape index (κ2) is 3.96. The highest BCUT2D eigenvalue weighted by molar-refractivity contribution is 5.87. The fourth-order valence-electron chi connectivity index (χ4n) is 1.91. The lowest BCUT2D eigenvalue weighted by atomic mass is 10.2. The van der Waals surface area contributed by atoms with Crippen LogP contribution < -0.4 is 0 Å². The average molecular weight is 239 g/mol. The van der Waals surface area contributed by atoms with Crippen molar-refractivity contribution < 1.29 is 9.90 Å². The van der Waals surface area contributed by atoms with E-state index in [4.69, 9.17) is 0 Å². The molecule has 3 aromatic heterocycles. The number of nitrogens with zero attached hydrogens (tertiary/aromatic N) is 3. The van der Waals surface area contributed by atoms with Gasteiger partial charge < -0.3 is 5.11 Å². The first-order valence-electron chi connectivity index (χ1n) is 5.37. The van der Waals surface area contributed by atoms with Crippen molar-refractivity contribution in [2.45, 2.75) is 0 Å². The molecule has 0 fully saturated rings. The van der Waals surface area contributed by atoms with E-state index in [1.807, 2.05) is 12.1 Å². The fraction of sp³-hybridized carbons (Fsp3) is 0. The highest BCUT2D eigenvalue weighted by atomic mass is 16.4. The van der Waals surface area contributed by atoms with Crippen LogP contribution in [0.25, 0.3) is 16.9 Å². The molecular weight excluding hydrogens is 230 g/mol. The van der Waals surface area contributed by atoms with Gasteiger partial charge in [0.05, 0.1) is 11.7 Å². The van der Waals surface area contributed by atoms with Gasteiger partial charge in [0.2, 0.25) is 0 Å². The zero-order valence-electron chi connectivity index (χ0n) is 9.32. The van der Waals surface area contributed by atoms with Gasteiger partial charge >= 0.3 is 5.97 Å². The van der Waals surface area contributed by atoms with E-state index >= 15 is 0 Å². The van der Waals surface area contributed by atoms with Crippen LogP contribution in [0.4, 0.5) is 0 Å². The molecule has 5 nitrogen and oxygen atoms in total. The standard InChI is InChI=1S/C13H9N3O2/c17-13(18)11-5-1-4-10-8-15-12(16(10)11)9-3-2-6-14-7-9/h1-8H,(H,17,18). The molecule has 3 aromatic rings. The van der Waals surface area contributed by atoms with Gasteiger partial charge in [0.1, 0.15) is 11.5 Å². The minimum absolute atomic E-state index is 0.184. The lowest BCUT2D eigenvalue weighted by Gasteiger charge is -2.04. The zero-order chi connectivity index (χ0) is 12.5. The summed E-state index contributed by atoms with van der Waals surface area (Å²) in [6.45, 7) is 0. The average Bonchev–Trinajstić information content (AvgIpc) is 2.83. The predicted molar refractivity (Wildman–Crippen MR) is 65.4 cm³/mol. The number of imidazole rings is 1. The molecule has 0 amide bonds. The van der Waals surface area contributed by atoms with Crippen molar-refractivity contribution in [2.24, 2.45) is 0 Å². The summed E-state index contributed by atoms with van der Waals surface area (Å²) in [5, 5.41) is 9.21. The molecule has 3 rings (SSSR count). The third-order valence-electron chi connectivity index (χ3n) is 2.69. The van der Waals surface area contributed by atoms with Gasteiger partial charge in [-0.25, -0.2) is 9.78 Å². The van der Waals surface area contributed by atoms with Crippen molar-refractivity contribution in [1.82, 2.24) is 14.4 Å². The molecule has 0 aliphatic carbocycles. The number of hydrogen-bond acceptors (Lipinski definition) is 3. The van der Waals surface area contributed by atoms with E-state index < -0.39 is 5.97 Å². The number of fused-ring (bicyclic) bond motifs is 1. The quantitative estimate of drug-likeness (QED) is 0.743. The van der Waals surface area contributed by atoms with Crippen LogP contribution in [0, 0.1) is 0 Å². The second-order valence-corrected chi connectivity index (χ2v) is 3.80. The van der Waals surface area contributed by atoms with E-state index in [2.05, 4.69) is 9.97 Å². The summed E-state index contributed by atoms with van der Waals surface area (Å²) in [5.41, 5.74) is 1.71. The van der Waals surface area contributed by atoms with Crippen molar-refractivity contribution >= 4 is 11.5 Å². The number of rotatable bonds is 2. The summed E-state index contributed by atoms with van der Waals surface area (Å²) in [7, 11) is 0. The number of aromatic carboxylic acids is 1. The first-order chi connectivity index (χ1) is 8.77. The van der Waals surface area contributed by atoms with Crippen molar-refractivity contribution in [1.29, 1.82) is 0 Å². The van der Waals surface area contributed by atoms with Gasteiger partial charge in [0.15, 0.2) is 0 Å². The smallest absolute Gasteiger partial charge is 0.352 e. The molecule has 5 heteroatoms. The Bertz CT molecular complexity index is 719. The molecule has 0 bridgehead atoms. The summed E-state index contributed by atoms with van der Waals surface area (Å²) in [6.07, 6.45) is 4.97. The fourth-order valence-corrected chi connectivity index (χ4v) is 1.91. The van der Waals surface area contributed by atoms with Crippen LogP contribution in [0.1, 0.15) is 10.5 Å². The van der Waals surface area contributed by atoms with Gasteiger partial charge in [-0.15, -0.1) is 0 Å². The molecule has 0 aliphatic rings. The monoisotopic (exact) mass is 239 g/mol. The van der Waals surface area contributed by atoms with Gasteiger partial charge in [-0.3, -0.25) is 9.38 Å². The topological polar surface area (TPSA) is 67.5 Å². The minimum atomic E-state index is -0.983. The van der Waals surface area contributed by atoms with Crippen molar-refractivity contribution in [2.75, 3.05) is 0 Å². The molecule has 0 spiro atoms. The molecule has 0 radical (unpaired) electrons. The SMILES string of the molecule is O=C(O)c1cccc2cnc(-c3cccnc3)n12. The molecule has 1 N–H and O–H groups in total. The van der Waals surface area contributed by atoms with Gasteiger partial charge in [-0.05, 0) is 24.3 Å². The molecule has 0 unspecified atom stereocenters. The summed E-state index contributed by atoms with van der Waals surface area (Å²) < 4.78 is 1.61. The number of hydrogen-bond donors (Lipinski definition) is 1. The van der Waals surface area contributed by atoms with Crippen LogP contribution >= 0.6 is 0 Å². The molecule has 0 aromatic carbocycles. The van der Waals surface area contributed by atoms with E-state index in [9.17, 15) is 9.90 Å². The summed E-state index contributed by atoms with van der Waals surface area (Å²) in [4.78, 5) is 19.5. The Hall–Kier alpha value is -2.69. The highest BCUT2D eigenvalue weighted by Crippen LogP contribution is 2.20. The van der Waals surface area contributed by atoms with E-state index in [1.165, 1.54) is 0 Å². The first kappa shape index (κ1) is 10.5. The Labute approximate surface area is 102 Å². The Morgan fingerprint density at radius 1 is 1.17 bits per heavy atom. The number of carbonyl (C=O) groups is 1. The molecule has 0 saturated heterocycles. The van der Waals surface area contributed by atoms with Crippen LogP contribution in [-0.4, -0.2) is 25.4 Å². The van der Waals surface area contributed by atoms with E-state index in [1.54, 1.807) is 41.2 Å². The molecule has 0 atom stereocenters. The van der Waals surface area contributed by atoms with Crippen LogP contribution in [0.3, 0.4) is 0 Å². The molecule has 18 heavy (non-hydrogen) atoms. The van der Waals surface area contributed by atoms with Gasteiger partial charge in [0, 0.05) is 18.0 Å². The van der Waals surface area contributed by atoms with Gasteiger partial charge in [0.25, 0.3) is 0 Å². The third kappa shape index (κ3) is 1.53. The van der Waals surface area contributed by atoms with Crippen LogP contribution in [-0.2, 0) is 0 Å². The second-order valence-electron chi connectivity index (χ2n) is 3.80. The summed E-state index contributed by atoms with van der Waals surface area (Å²) in [5.74, 6) is -0.403. The van der Waals surface area contributed by atoms with E-state index in [0.717, 1.165) is 11.1 Å². The number of pyridine rings is 2. The molecule has 0 aliphatic heterocycles. The Kier molecular flexibility index (Phi) is 2.30. The van der Waals surface area contributed by atoms with E-state index in [-0.39, 0.29) is 5.69 Å². The summed E-state index contributed by atoms with van der Waals surface area (Å²) >= 11 is 0. The summed E-state index contributed by atoms with van der Waals surface area (Å²) in [6, 6.07) is 8.71. The Balaban J connectivity index is 2.35. The largest absolute Gasteiger partial charge is 0.477 e. The van der Waals surface area contributed by atoms with Crippen LogP contribution in [0.5, 0.6) is 0 Å². The lowest BCUT2D eigenvalue weighted by molar-refractivity contribution is 0.0689. The van der Waals surface area contributed by atoms with Gasteiger partial charge in [-0.2, -0.15) is 0 Å². The number of carboxylic acid groups (broad SMARTS) is 1.